The first kappa shape index (κ1) is 9.51. The Balaban J connectivity index is 1.96. The van der Waals surface area contributed by atoms with Crippen LogP contribution in [-0.2, 0) is 4.79 Å². The second kappa shape index (κ2) is 2.98. The number of hydrogen-bond donors (Lipinski definition) is 1. The predicted octanol–water partition coefficient (Wildman–Crippen LogP) is 2.05. The molecule has 1 aliphatic rings. The molecule has 76 valence electrons. The number of nitrogens with zero attached hydrogens (tertiary/aromatic N) is 1. The molecule has 0 unspecified atom stereocenters. The molecule has 6 heteroatoms. The zero-order valence-corrected chi connectivity index (χ0v) is 8.20. The van der Waals surface area contributed by atoms with E-state index < -0.39 is 17.7 Å². The Hall–Kier alpha value is -1.04. The van der Waals surface area contributed by atoms with Gasteiger partial charge in [-0.15, -0.1) is 11.3 Å². The maximum absolute atomic E-state index is 12.5. The minimum Gasteiger partial charge on any atom is -0.302 e. The van der Waals surface area contributed by atoms with E-state index in [1.54, 1.807) is 12.3 Å². The third kappa shape index (κ3) is 1.75. The van der Waals surface area contributed by atoms with Gasteiger partial charge in [0.15, 0.2) is 5.13 Å². The van der Waals surface area contributed by atoms with Gasteiger partial charge in [0.25, 0.3) is 5.92 Å². The smallest absolute Gasteiger partial charge is 0.260 e. The van der Waals surface area contributed by atoms with Crippen LogP contribution in [0.15, 0.2) is 5.38 Å². The van der Waals surface area contributed by atoms with E-state index in [1.165, 1.54) is 11.3 Å². The van der Waals surface area contributed by atoms with Crippen molar-refractivity contribution in [2.45, 2.75) is 19.3 Å². The summed E-state index contributed by atoms with van der Waals surface area (Å²) in [6, 6.07) is 0. The summed E-state index contributed by atoms with van der Waals surface area (Å²) in [6.45, 7) is 1.78. The molecule has 0 saturated heterocycles. The normalized spacial score (nSPS) is 23.2. The number of hydrogen-bond acceptors (Lipinski definition) is 3. The first-order valence-electron chi connectivity index (χ1n) is 4.10. The highest BCUT2D eigenvalue weighted by Crippen LogP contribution is 2.49. The number of rotatable bonds is 2. The summed E-state index contributed by atoms with van der Waals surface area (Å²) in [5.74, 6) is -4.60. The highest BCUT2D eigenvalue weighted by Gasteiger charge is 2.61. The molecule has 1 aromatic heterocycles. The minimum absolute atomic E-state index is 0.344. The van der Waals surface area contributed by atoms with Crippen molar-refractivity contribution in [3.8, 4) is 0 Å². The van der Waals surface area contributed by atoms with Gasteiger partial charge in [0.1, 0.15) is 5.92 Å². The lowest BCUT2D eigenvalue weighted by Crippen LogP contribution is -2.17. The molecule has 1 amide bonds. The fraction of sp³-hybridized carbons (Fsp3) is 0.500. The number of aryl methyl sites for hydroxylation is 1. The SMILES string of the molecule is Cc1csc(NC(=O)[C@H]2CC2(F)F)n1. The molecule has 2 rings (SSSR count). The Morgan fingerprint density at radius 2 is 2.43 bits per heavy atom. The Morgan fingerprint density at radius 3 is 2.86 bits per heavy atom. The monoisotopic (exact) mass is 218 g/mol. The lowest BCUT2D eigenvalue weighted by molar-refractivity contribution is -0.119. The molecular weight excluding hydrogens is 210 g/mol. The van der Waals surface area contributed by atoms with Crippen LogP contribution in [0, 0.1) is 12.8 Å². The molecule has 1 fully saturated rings. The third-order valence-corrected chi connectivity index (χ3v) is 2.87. The highest BCUT2D eigenvalue weighted by molar-refractivity contribution is 7.13. The second-order valence-electron chi connectivity index (χ2n) is 3.30. The van der Waals surface area contributed by atoms with Gasteiger partial charge in [-0.3, -0.25) is 4.79 Å². The van der Waals surface area contributed by atoms with Crippen LogP contribution in [0.4, 0.5) is 13.9 Å². The van der Waals surface area contributed by atoms with Crippen molar-refractivity contribution in [3.63, 3.8) is 0 Å². The zero-order chi connectivity index (χ0) is 10.3. The number of carbonyl (C=O) groups excluding carboxylic acids is 1. The summed E-state index contributed by atoms with van der Waals surface area (Å²) in [4.78, 5) is 15.1. The first-order valence-corrected chi connectivity index (χ1v) is 4.98. The van der Waals surface area contributed by atoms with Crippen LogP contribution in [0.2, 0.25) is 0 Å². The van der Waals surface area contributed by atoms with Crippen LogP contribution in [0.1, 0.15) is 12.1 Å². The average molecular weight is 218 g/mol. The van der Waals surface area contributed by atoms with E-state index in [-0.39, 0.29) is 6.42 Å². The summed E-state index contributed by atoms with van der Waals surface area (Å²) < 4.78 is 25.0. The van der Waals surface area contributed by atoms with Gasteiger partial charge in [-0.25, -0.2) is 13.8 Å². The summed E-state index contributed by atoms with van der Waals surface area (Å²) in [7, 11) is 0. The van der Waals surface area contributed by atoms with Crippen LogP contribution in [0.5, 0.6) is 0 Å². The van der Waals surface area contributed by atoms with Gasteiger partial charge in [-0.2, -0.15) is 0 Å². The van der Waals surface area contributed by atoms with Crippen molar-refractivity contribution < 1.29 is 13.6 Å². The quantitative estimate of drug-likeness (QED) is 0.825. The van der Waals surface area contributed by atoms with E-state index in [2.05, 4.69) is 10.3 Å². The van der Waals surface area contributed by atoms with Crippen molar-refractivity contribution in [3.05, 3.63) is 11.1 Å². The van der Waals surface area contributed by atoms with Crippen LogP contribution in [-0.4, -0.2) is 16.8 Å². The summed E-state index contributed by atoms with van der Waals surface area (Å²) >= 11 is 1.24. The Bertz CT molecular complexity index is 377. The van der Waals surface area contributed by atoms with Crippen LogP contribution in [0.3, 0.4) is 0 Å². The highest BCUT2D eigenvalue weighted by atomic mass is 32.1. The third-order valence-electron chi connectivity index (χ3n) is 1.99. The van der Waals surface area contributed by atoms with Gasteiger partial charge in [-0.05, 0) is 6.92 Å². The number of amides is 1. The fourth-order valence-corrected chi connectivity index (χ4v) is 1.79. The summed E-state index contributed by atoms with van der Waals surface area (Å²) in [6.07, 6.45) is -0.344. The lowest BCUT2D eigenvalue weighted by atomic mass is 10.4. The molecule has 0 aromatic carbocycles. The number of halogens is 2. The Morgan fingerprint density at radius 1 is 1.79 bits per heavy atom. The lowest BCUT2D eigenvalue weighted by Gasteiger charge is -1.98. The maximum Gasteiger partial charge on any atom is 0.260 e. The molecule has 0 bridgehead atoms. The number of alkyl halides is 2. The maximum atomic E-state index is 12.5. The van der Waals surface area contributed by atoms with Crippen molar-refractivity contribution in [1.82, 2.24) is 4.98 Å². The molecule has 1 aromatic rings. The van der Waals surface area contributed by atoms with Crippen LogP contribution in [0.25, 0.3) is 0 Å². The topological polar surface area (TPSA) is 42.0 Å². The number of anilines is 1. The zero-order valence-electron chi connectivity index (χ0n) is 7.38. The molecule has 1 heterocycles. The number of aromatic nitrogens is 1. The van der Waals surface area contributed by atoms with Gasteiger partial charge in [-0.1, -0.05) is 0 Å². The number of thiazole rings is 1. The van der Waals surface area contributed by atoms with Crippen molar-refractivity contribution in [2.24, 2.45) is 5.92 Å². The van der Waals surface area contributed by atoms with E-state index in [4.69, 9.17) is 0 Å². The molecule has 0 spiro atoms. The molecular formula is C8H8F2N2OS. The number of nitrogens with one attached hydrogen (secondary N) is 1. The average Bonchev–Trinajstić information content (AvgIpc) is 2.51. The molecule has 1 aliphatic carbocycles. The van der Waals surface area contributed by atoms with Gasteiger partial charge in [0, 0.05) is 11.8 Å². The van der Waals surface area contributed by atoms with Gasteiger partial charge in [0.2, 0.25) is 5.91 Å². The molecule has 0 aliphatic heterocycles. The van der Waals surface area contributed by atoms with E-state index in [0.29, 0.717) is 5.13 Å². The molecule has 3 nitrogen and oxygen atoms in total. The van der Waals surface area contributed by atoms with Gasteiger partial charge < -0.3 is 5.32 Å². The summed E-state index contributed by atoms with van der Waals surface area (Å²) in [5, 5.41) is 4.50. The van der Waals surface area contributed by atoms with Crippen LogP contribution >= 0.6 is 11.3 Å². The predicted molar refractivity (Wildman–Crippen MR) is 48.5 cm³/mol. The van der Waals surface area contributed by atoms with Crippen molar-refractivity contribution in [2.75, 3.05) is 5.32 Å². The standard InChI is InChI=1S/C8H8F2N2OS/c1-4-3-14-7(11-4)12-6(13)5-2-8(5,9)10/h3,5H,2H2,1H3,(H,11,12,13)/t5-/m1/s1. The molecule has 1 N–H and O–H groups in total. The molecule has 1 saturated carbocycles. The molecule has 1 atom stereocenters. The van der Waals surface area contributed by atoms with Crippen molar-refractivity contribution in [1.29, 1.82) is 0 Å². The summed E-state index contributed by atoms with van der Waals surface area (Å²) in [5.41, 5.74) is 0.771. The second-order valence-corrected chi connectivity index (χ2v) is 4.16. The van der Waals surface area contributed by atoms with E-state index >= 15 is 0 Å². The molecule has 14 heavy (non-hydrogen) atoms. The van der Waals surface area contributed by atoms with Gasteiger partial charge in [0.05, 0.1) is 5.69 Å². The van der Waals surface area contributed by atoms with E-state index in [1.807, 2.05) is 0 Å². The Kier molecular flexibility index (Phi) is 2.02. The number of carbonyl (C=O) groups is 1. The van der Waals surface area contributed by atoms with E-state index in [9.17, 15) is 13.6 Å². The molecule has 0 radical (unpaired) electrons. The fourth-order valence-electron chi connectivity index (χ4n) is 1.10. The van der Waals surface area contributed by atoms with Crippen LogP contribution < -0.4 is 5.32 Å². The first-order chi connectivity index (χ1) is 6.49. The Labute approximate surface area is 83.2 Å². The largest absolute Gasteiger partial charge is 0.302 e. The van der Waals surface area contributed by atoms with Crippen molar-refractivity contribution >= 4 is 22.4 Å². The van der Waals surface area contributed by atoms with Gasteiger partial charge >= 0.3 is 0 Å². The minimum atomic E-state index is -2.81. The van der Waals surface area contributed by atoms with E-state index in [0.717, 1.165) is 5.69 Å².